The molecule has 1 aromatic heterocycles. The number of aromatic amines is 1. The largest absolute Gasteiger partial charge is 0.480 e. The Hall–Kier alpha value is -2.30. The lowest BCUT2D eigenvalue weighted by Crippen LogP contribution is -2.41. The third-order valence-electron chi connectivity index (χ3n) is 2.46. The summed E-state index contributed by atoms with van der Waals surface area (Å²) in [7, 11) is 0. The monoisotopic (exact) mass is 248 g/mol. The number of hydrogen-bond acceptors (Lipinski definition) is 2. The predicted octanol–water partition coefficient (Wildman–Crippen LogP) is 1.30. The van der Waals surface area contributed by atoms with Crippen LogP contribution in [0.3, 0.4) is 0 Å². The van der Waals surface area contributed by atoms with E-state index in [9.17, 15) is 14.7 Å². The Morgan fingerprint density at radius 1 is 1.56 bits per heavy atom. The van der Waals surface area contributed by atoms with E-state index in [1.54, 1.807) is 24.3 Å². The number of aromatic nitrogens is 1. The number of benzene rings is 1. The maximum atomic E-state index is 11.3. The van der Waals surface area contributed by atoms with Gasteiger partial charge in [-0.25, -0.2) is 4.79 Å². The molecule has 0 aliphatic heterocycles. The van der Waals surface area contributed by atoms with Gasteiger partial charge in [-0.3, -0.25) is 4.79 Å². The molecule has 0 saturated carbocycles. The molecular weight excluding hydrogens is 232 g/mol. The third kappa shape index (κ3) is 2.51. The molecule has 0 radical (unpaired) electrons. The molecule has 2 rings (SSSR count). The molecule has 2 aromatic rings. The van der Waals surface area contributed by atoms with Crippen molar-refractivity contribution in [3.8, 4) is 0 Å². The Labute approximate surface area is 107 Å². The zero-order valence-corrected chi connectivity index (χ0v) is 9.73. The lowest BCUT2D eigenvalue weighted by atomic mass is 10.1. The van der Waals surface area contributed by atoms with E-state index in [2.05, 4.69) is 4.98 Å². The molecule has 1 amide bonds. The van der Waals surface area contributed by atoms with Crippen LogP contribution in [0.4, 0.5) is 0 Å². The van der Waals surface area contributed by atoms with E-state index >= 15 is 0 Å². The fourth-order valence-corrected chi connectivity index (χ4v) is 1.71. The van der Waals surface area contributed by atoms with Gasteiger partial charge in [-0.2, -0.15) is 0 Å². The molecule has 3 N–H and O–H groups in total. The van der Waals surface area contributed by atoms with Crippen LogP contribution < -0.4 is 5.32 Å². The van der Waals surface area contributed by atoms with Crippen molar-refractivity contribution in [1.29, 1.82) is 0 Å². The van der Waals surface area contributed by atoms with Crippen LogP contribution >= 0.6 is 0 Å². The number of carboxylic acid groups (broad SMARTS) is 1. The molecular formula is C13H14N2O3. The van der Waals surface area contributed by atoms with E-state index in [0.29, 0.717) is 10.9 Å². The standard InChI is InChI=1S/C13H14N2O3/c1-8(16)15-12(13(17)18)6-9-7-14-11-5-3-2-4-10(9)11/h2-5,7,12,14H,6H2,1H3,(H,15,16)(H,17,18)/t12-/m1/s1/i6D,12D/t6-,12-. The van der Waals surface area contributed by atoms with E-state index in [0.717, 1.165) is 12.4 Å². The third-order valence-corrected chi connectivity index (χ3v) is 2.46. The van der Waals surface area contributed by atoms with Gasteiger partial charge in [0, 0.05) is 31.8 Å². The van der Waals surface area contributed by atoms with Crippen molar-refractivity contribution in [2.45, 2.75) is 19.3 Å². The minimum absolute atomic E-state index is 0.353. The highest BCUT2D eigenvalue weighted by Gasteiger charge is 2.20. The molecule has 0 aliphatic rings. The first-order valence-corrected chi connectivity index (χ1v) is 5.36. The number of H-pyrrole nitrogens is 1. The number of fused-ring (bicyclic) bond motifs is 1. The molecule has 1 aromatic carbocycles. The molecule has 2 atom stereocenters. The van der Waals surface area contributed by atoms with Crippen molar-refractivity contribution in [1.82, 2.24) is 10.3 Å². The van der Waals surface area contributed by atoms with Crippen LogP contribution in [0, 0.1) is 0 Å². The van der Waals surface area contributed by atoms with Crippen molar-refractivity contribution in [3.05, 3.63) is 36.0 Å². The topological polar surface area (TPSA) is 82.2 Å². The van der Waals surface area contributed by atoms with Crippen LogP contribution in [0.2, 0.25) is 0 Å². The number of hydrogen-bond donors (Lipinski definition) is 3. The maximum absolute atomic E-state index is 11.3. The second kappa shape index (κ2) is 4.91. The van der Waals surface area contributed by atoms with E-state index < -0.39 is 24.3 Å². The van der Waals surface area contributed by atoms with Gasteiger partial charge in [0.05, 0.1) is 1.37 Å². The number of carbonyl (C=O) groups excluding carboxylic acids is 1. The van der Waals surface area contributed by atoms with E-state index in [1.807, 2.05) is 5.32 Å². The molecule has 1 heterocycles. The Kier molecular flexibility index (Phi) is 2.65. The first-order chi connectivity index (χ1) is 9.36. The lowest BCUT2D eigenvalue weighted by Gasteiger charge is -2.12. The molecule has 0 bridgehead atoms. The van der Waals surface area contributed by atoms with Crippen LogP contribution in [-0.2, 0) is 16.0 Å². The molecule has 0 spiro atoms. The minimum Gasteiger partial charge on any atom is -0.480 e. The summed E-state index contributed by atoms with van der Waals surface area (Å²) in [6.07, 6.45) is 0.0381. The summed E-state index contributed by atoms with van der Waals surface area (Å²) in [4.78, 5) is 25.3. The molecule has 0 fully saturated rings. The first kappa shape index (κ1) is 9.70. The lowest BCUT2D eigenvalue weighted by molar-refractivity contribution is -0.141. The Bertz CT molecular complexity index is 670. The summed E-state index contributed by atoms with van der Waals surface area (Å²) in [6, 6.07) is 4.66. The highest BCUT2D eigenvalue weighted by Crippen LogP contribution is 2.19. The van der Waals surface area contributed by atoms with E-state index in [-0.39, 0.29) is 0 Å². The van der Waals surface area contributed by atoms with Gasteiger partial charge in [0.15, 0.2) is 0 Å². The summed E-state index contributed by atoms with van der Waals surface area (Å²) >= 11 is 0. The number of para-hydroxylation sites is 1. The average molecular weight is 248 g/mol. The van der Waals surface area contributed by atoms with Crippen molar-refractivity contribution < 1.29 is 17.4 Å². The summed E-state index contributed by atoms with van der Waals surface area (Å²) < 4.78 is 16.0. The van der Waals surface area contributed by atoms with Crippen LogP contribution in [0.1, 0.15) is 15.2 Å². The fraction of sp³-hybridized carbons (Fsp3) is 0.231. The van der Waals surface area contributed by atoms with Gasteiger partial charge in [-0.15, -0.1) is 0 Å². The van der Waals surface area contributed by atoms with Gasteiger partial charge < -0.3 is 15.4 Å². The molecule has 0 unspecified atom stereocenters. The second-order valence-corrected chi connectivity index (χ2v) is 3.83. The second-order valence-electron chi connectivity index (χ2n) is 3.83. The van der Waals surface area contributed by atoms with Crippen molar-refractivity contribution in [3.63, 3.8) is 0 Å². The number of aliphatic carboxylic acids is 1. The van der Waals surface area contributed by atoms with E-state index in [1.165, 1.54) is 6.20 Å². The van der Waals surface area contributed by atoms with Crippen molar-refractivity contribution >= 4 is 22.8 Å². The molecule has 94 valence electrons. The smallest absolute Gasteiger partial charge is 0.326 e. The van der Waals surface area contributed by atoms with Crippen LogP contribution in [0.15, 0.2) is 30.5 Å². The van der Waals surface area contributed by atoms with Crippen molar-refractivity contribution in [2.75, 3.05) is 0 Å². The van der Waals surface area contributed by atoms with Gasteiger partial charge in [-0.1, -0.05) is 18.2 Å². The quantitative estimate of drug-likeness (QED) is 0.762. The average Bonchev–Trinajstić information content (AvgIpc) is 2.80. The number of carboxylic acids is 1. The highest BCUT2D eigenvalue weighted by molar-refractivity contribution is 5.86. The Balaban J connectivity index is 2.49. The predicted molar refractivity (Wildman–Crippen MR) is 67.2 cm³/mol. The van der Waals surface area contributed by atoms with Gasteiger partial charge in [-0.05, 0) is 11.6 Å². The SMILES string of the molecule is [2H][C@H](c1c[nH]c2ccccc12)[C@@]([2H])(NC(C)=O)C(=O)O. The number of amides is 1. The Morgan fingerprint density at radius 3 is 2.94 bits per heavy atom. The van der Waals surface area contributed by atoms with Crippen LogP contribution in [0.25, 0.3) is 10.9 Å². The van der Waals surface area contributed by atoms with E-state index in [4.69, 9.17) is 2.74 Å². The van der Waals surface area contributed by atoms with Gasteiger partial charge in [0.25, 0.3) is 0 Å². The molecule has 5 nitrogen and oxygen atoms in total. The van der Waals surface area contributed by atoms with Crippen molar-refractivity contribution in [2.24, 2.45) is 0 Å². The Morgan fingerprint density at radius 2 is 2.28 bits per heavy atom. The summed E-state index contributed by atoms with van der Waals surface area (Å²) in [5, 5.41) is 11.9. The van der Waals surface area contributed by atoms with Gasteiger partial charge >= 0.3 is 5.97 Å². The first-order valence-electron chi connectivity index (χ1n) is 6.44. The molecule has 0 saturated heterocycles. The fourth-order valence-electron chi connectivity index (χ4n) is 1.71. The van der Waals surface area contributed by atoms with Crippen LogP contribution in [0.5, 0.6) is 0 Å². The molecule has 18 heavy (non-hydrogen) atoms. The molecule has 5 heteroatoms. The normalized spacial score (nSPS) is 17.4. The van der Waals surface area contributed by atoms with Gasteiger partial charge in [0.1, 0.15) is 6.02 Å². The summed E-state index contributed by atoms with van der Waals surface area (Å²) in [6.45, 7) is 1.12. The molecule has 0 aliphatic carbocycles. The number of carbonyl (C=O) groups is 2. The highest BCUT2D eigenvalue weighted by atomic mass is 16.4. The summed E-state index contributed by atoms with van der Waals surface area (Å²) in [5.41, 5.74) is 1.10. The minimum atomic E-state index is -2.43. The van der Waals surface area contributed by atoms with Crippen LogP contribution in [-0.4, -0.2) is 28.0 Å². The maximum Gasteiger partial charge on any atom is 0.326 e. The summed E-state index contributed by atoms with van der Waals surface area (Å²) in [5.74, 6) is -2.24. The van der Waals surface area contributed by atoms with Gasteiger partial charge in [0.2, 0.25) is 5.91 Å². The zero-order chi connectivity index (χ0) is 14.9. The number of rotatable bonds is 4. The number of nitrogens with one attached hydrogen (secondary N) is 2. The zero-order valence-electron chi connectivity index (χ0n) is 11.7.